The number of hydrogen-bond acceptors (Lipinski definition) is 4. The van der Waals surface area contributed by atoms with E-state index in [1.165, 1.54) is 0 Å². The molecule has 1 saturated carbocycles. The lowest BCUT2D eigenvalue weighted by atomic mass is 9.89. The number of hydrogen-bond donors (Lipinski definition) is 2. The largest absolute Gasteiger partial charge is 0.390 e. The Kier molecular flexibility index (Phi) is 2.08. The number of rotatable bonds is 0. The minimum atomic E-state index is -0.697. The van der Waals surface area contributed by atoms with E-state index in [0.717, 1.165) is 0 Å². The molecule has 4 nitrogen and oxygen atoms in total. The maximum Gasteiger partial charge on any atom is 0.171 e. The molecule has 0 radical (unpaired) electrons. The summed E-state index contributed by atoms with van der Waals surface area (Å²) in [5.74, 6) is -0.585. The summed E-state index contributed by atoms with van der Waals surface area (Å²) in [4.78, 5) is 0. The van der Waals surface area contributed by atoms with Gasteiger partial charge < -0.3 is 19.7 Å². The summed E-state index contributed by atoms with van der Waals surface area (Å²) in [6.45, 7) is 1.20. The van der Waals surface area contributed by atoms with Gasteiger partial charge in [-0.3, -0.25) is 0 Å². The minimum absolute atomic E-state index is 0.397. The maximum absolute atomic E-state index is 9.39. The summed E-state index contributed by atoms with van der Waals surface area (Å²) in [6.07, 6.45) is 0.334. The van der Waals surface area contributed by atoms with Gasteiger partial charge in [0.25, 0.3) is 0 Å². The van der Waals surface area contributed by atoms with Crippen LogP contribution in [-0.4, -0.2) is 41.4 Å². The van der Waals surface area contributed by atoms with Gasteiger partial charge in [0.2, 0.25) is 0 Å². The molecule has 1 aliphatic carbocycles. The van der Waals surface area contributed by atoms with E-state index in [0.29, 0.717) is 32.5 Å². The molecule has 1 aliphatic heterocycles. The molecular weight excluding hydrogens is 160 g/mol. The van der Waals surface area contributed by atoms with Crippen LogP contribution in [0.15, 0.2) is 0 Å². The Morgan fingerprint density at radius 2 is 1.75 bits per heavy atom. The zero-order valence-corrected chi connectivity index (χ0v) is 6.90. The molecular formula is C8H14O4. The molecule has 0 aromatic heterocycles. The van der Waals surface area contributed by atoms with Crippen LogP contribution in [0.1, 0.15) is 19.3 Å². The van der Waals surface area contributed by atoms with E-state index in [-0.39, 0.29) is 0 Å². The average Bonchev–Trinajstić information content (AvgIpc) is 2.47. The zero-order chi connectivity index (χ0) is 8.60. The quantitative estimate of drug-likeness (QED) is 0.526. The van der Waals surface area contributed by atoms with Gasteiger partial charge in [-0.15, -0.1) is 0 Å². The number of aliphatic hydroxyl groups excluding tert-OH is 2. The normalized spacial score (nSPS) is 40.5. The molecule has 2 fully saturated rings. The lowest BCUT2D eigenvalue weighted by molar-refractivity contribution is -0.213. The third-order valence-corrected chi connectivity index (χ3v) is 2.60. The lowest BCUT2D eigenvalue weighted by Crippen LogP contribution is -2.45. The van der Waals surface area contributed by atoms with Crippen molar-refractivity contribution in [3.8, 4) is 0 Å². The maximum atomic E-state index is 9.39. The van der Waals surface area contributed by atoms with Crippen molar-refractivity contribution in [3.63, 3.8) is 0 Å². The Morgan fingerprint density at radius 1 is 1.08 bits per heavy atom. The second kappa shape index (κ2) is 2.96. The summed E-state index contributed by atoms with van der Waals surface area (Å²) in [7, 11) is 0. The highest BCUT2D eigenvalue weighted by atomic mass is 16.7. The molecule has 0 aromatic carbocycles. The van der Waals surface area contributed by atoms with Crippen molar-refractivity contribution in [1.29, 1.82) is 0 Å². The first-order chi connectivity index (χ1) is 5.72. The van der Waals surface area contributed by atoms with Crippen LogP contribution in [-0.2, 0) is 9.47 Å². The monoisotopic (exact) mass is 174 g/mol. The highest BCUT2D eigenvalue weighted by molar-refractivity contribution is 4.87. The third-order valence-electron chi connectivity index (χ3n) is 2.60. The van der Waals surface area contributed by atoms with Crippen LogP contribution >= 0.6 is 0 Å². The van der Waals surface area contributed by atoms with E-state index in [2.05, 4.69) is 0 Å². The number of ether oxygens (including phenoxy) is 2. The first-order valence-electron chi connectivity index (χ1n) is 4.36. The fourth-order valence-corrected chi connectivity index (χ4v) is 1.88. The Bertz CT molecular complexity index is 164. The van der Waals surface area contributed by atoms with E-state index >= 15 is 0 Å². The molecule has 1 spiro atoms. The predicted octanol–water partition coefficient (Wildman–Crippen LogP) is -0.365. The molecule has 2 atom stereocenters. The van der Waals surface area contributed by atoms with Gasteiger partial charge in [-0.1, -0.05) is 0 Å². The van der Waals surface area contributed by atoms with Crippen molar-refractivity contribution < 1.29 is 19.7 Å². The molecule has 70 valence electrons. The highest BCUT2D eigenvalue weighted by Crippen LogP contribution is 2.35. The van der Waals surface area contributed by atoms with E-state index in [4.69, 9.17) is 9.47 Å². The summed E-state index contributed by atoms with van der Waals surface area (Å²) in [5.41, 5.74) is 0. The third kappa shape index (κ3) is 1.35. The van der Waals surface area contributed by atoms with E-state index < -0.39 is 18.0 Å². The Labute approximate surface area is 71.1 Å². The molecule has 2 rings (SSSR count). The van der Waals surface area contributed by atoms with E-state index in [1.807, 2.05) is 0 Å². The van der Waals surface area contributed by atoms with Crippen molar-refractivity contribution in [1.82, 2.24) is 0 Å². The second-order valence-electron chi connectivity index (χ2n) is 3.49. The predicted molar refractivity (Wildman–Crippen MR) is 40.5 cm³/mol. The highest BCUT2D eigenvalue weighted by Gasteiger charge is 2.44. The molecule has 2 unspecified atom stereocenters. The van der Waals surface area contributed by atoms with Crippen LogP contribution < -0.4 is 0 Å². The minimum Gasteiger partial charge on any atom is -0.390 e. The smallest absolute Gasteiger partial charge is 0.171 e. The molecule has 2 N–H and O–H groups in total. The summed E-state index contributed by atoms with van der Waals surface area (Å²) >= 11 is 0. The Hall–Kier alpha value is -0.160. The molecule has 0 bridgehead atoms. The zero-order valence-electron chi connectivity index (χ0n) is 6.90. The molecule has 4 heteroatoms. The van der Waals surface area contributed by atoms with E-state index in [9.17, 15) is 10.2 Å². The van der Waals surface area contributed by atoms with Gasteiger partial charge in [-0.25, -0.2) is 0 Å². The van der Waals surface area contributed by atoms with Crippen LogP contribution in [0.5, 0.6) is 0 Å². The first kappa shape index (κ1) is 8.44. The topological polar surface area (TPSA) is 58.9 Å². The van der Waals surface area contributed by atoms with Gasteiger partial charge in [0.15, 0.2) is 5.79 Å². The van der Waals surface area contributed by atoms with Gasteiger partial charge in [0, 0.05) is 12.8 Å². The van der Waals surface area contributed by atoms with Gasteiger partial charge in [-0.05, 0) is 6.42 Å². The van der Waals surface area contributed by atoms with Crippen LogP contribution in [0, 0.1) is 0 Å². The van der Waals surface area contributed by atoms with Gasteiger partial charge in [0.05, 0.1) is 25.4 Å². The van der Waals surface area contributed by atoms with Crippen LogP contribution in [0.3, 0.4) is 0 Å². The first-order valence-corrected chi connectivity index (χ1v) is 4.36. The van der Waals surface area contributed by atoms with Gasteiger partial charge in [-0.2, -0.15) is 0 Å². The average molecular weight is 174 g/mol. The molecule has 1 heterocycles. The van der Waals surface area contributed by atoms with Crippen molar-refractivity contribution in [2.24, 2.45) is 0 Å². The fourth-order valence-electron chi connectivity index (χ4n) is 1.88. The Morgan fingerprint density at radius 3 is 2.33 bits per heavy atom. The number of aliphatic hydroxyl groups is 2. The van der Waals surface area contributed by atoms with Crippen LogP contribution in [0.2, 0.25) is 0 Å². The lowest BCUT2D eigenvalue weighted by Gasteiger charge is -2.36. The molecule has 1 saturated heterocycles. The van der Waals surface area contributed by atoms with E-state index in [1.54, 1.807) is 0 Å². The van der Waals surface area contributed by atoms with Crippen LogP contribution in [0.4, 0.5) is 0 Å². The summed E-state index contributed by atoms with van der Waals surface area (Å²) < 4.78 is 10.8. The summed E-state index contributed by atoms with van der Waals surface area (Å²) in [5, 5.41) is 18.7. The Balaban J connectivity index is 2.01. The molecule has 2 aliphatic rings. The fraction of sp³-hybridized carbons (Fsp3) is 1.00. The van der Waals surface area contributed by atoms with Crippen molar-refractivity contribution >= 4 is 0 Å². The SMILES string of the molecule is OC1CCC2(CC1O)OCCO2. The standard InChI is InChI=1S/C8H14O4/c9-6-1-2-8(5-7(6)10)11-3-4-12-8/h6-7,9-10H,1-5H2. The van der Waals surface area contributed by atoms with Gasteiger partial charge in [0.1, 0.15) is 0 Å². The van der Waals surface area contributed by atoms with Crippen molar-refractivity contribution in [2.75, 3.05) is 13.2 Å². The summed E-state index contributed by atoms with van der Waals surface area (Å²) in [6, 6.07) is 0. The molecule has 0 aromatic rings. The van der Waals surface area contributed by atoms with Crippen molar-refractivity contribution in [2.45, 2.75) is 37.3 Å². The van der Waals surface area contributed by atoms with Crippen LogP contribution in [0.25, 0.3) is 0 Å². The second-order valence-corrected chi connectivity index (χ2v) is 3.49. The molecule has 0 amide bonds. The van der Waals surface area contributed by atoms with Gasteiger partial charge >= 0.3 is 0 Å². The molecule has 12 heavy (non-hydrogen) atoms. The van der Waals surface area contributed by atoms with Crippen molar-refractivity contribution in [3.05, 3.63) is 0 Å².